The first-order valence-electron chi connectivity index (χ1n) is 5.23. The number of hydrogen-bond acceptors (Lipinski definition) is 3. The molecular weight excluding hydrogens is 210 g/mol. The zero-order valence-corrected chi connectivity index (χ0v) is 10.2. The van der Waals surface area contributed by atoms with Crippen LogP contribution in [0.1, 0.15) is 19.3 Å². The fourth-order valence-corrected chi connectivity index (χ4v) is 1.48. The van der Waals surface area contributed by atoms with E-state index < -0.39 is 0 Å². The molecule has 1 amide bonds. The third kappa shape index (κ3) is 4.57. The van der Waals surface area contributed by atoms with Crippen LogP contribution in [-0.2, 0) is 4.79 Å². The third-order valence-corrected chi connectivity index (χ3v) is 2.84. The van der Waals surface area contributed by atoms with Gasteiger partial charge in [0, 0.05) is 26.1 Å². The maximum absolute atomic E-state index is 11.7. The van der Waals surface area contributed by atoms with Gasteiger partial charge in [0.05, 0.1) is 11.5 Å². The van der Waals surface area contributed by atoms with Gasteiger partial charge in [-0.1, -0.05) is 12.2 Å². The number of carbonyl (C=O) groups is 1. The largest absolute Gasteiger partial charge is 0.393 e. The summed E-state index contributed by atoms with van der Waals surface area (Å²) in [5, 5.41) is 0. The summed E-state index contributed by atoms with van der Waals surface area (Å²) in [5.74, 6) is 0.183. The van der Waals surface area contributed by atoms with E-state index in [0.717, 1.165) is 19.4 Å². The molecule has 0 saturated heterocycles. The summed E-state index contributed by atoms with van der Waals surface area (Å²) < 4.78 is 0. The van der Waals surface area contributed by atoms with Crippen molar-refractivity contribution in [3.05, 3.63) is 0 Å². The molecule has 0 heterocycles. The molecule has 0 aliphatic heterocycles. The number of carbonyl (C=O) groups excluding carboxylic acids is 1. The number of amides is 1. The van der Waals surface area contributed by atoms with Crippen molar-refractivity contribution >= 4 is 23.1 Å². The van der Waals surface area contributed by atoms with Crippen LogP contribution in [-0.4, -0.2) is 53.9 Å². The maximum atomic E-state index is 11.7. The molecule has 1 aliphatic rings. The van der Waals surface area contributed by atoms with Gasteiger partial charge < -0.3 is 10.6 Å². The summed E-state index contributed by atoms with van der Waals surface area (Å²) in [7, 11) is 3.79. The average molecular weight is 229 g/mol. The first-order chi connectivity index (χ1) is 7.00. The molecule has 0 bridgehead atoms. The van der Waals surface area contributed by atoms with Gasteiger partial charge >= 0.3 is 0 Å². The quantitative estimate of drug-likeness (QED) is 0.662. The molecule has 0 unspecified atom stereocenters. The van der Waals surface area contributed by atoms with E-state index in [0.29, 0.717) is 24.0 Å². The first-order valence-corrected chi connectivity index (χ1v) is 5.64. The van der Waals surface area contributed by atoms with Crippen LogP contribution in [0, 0.1) is 0 Å². The highest BCUT2D eigenvalue weighted by Gasteiger charge is 2.29. The molecule has 0 aromatic rings. The lowest BCUT2D eigenvalue weighted by molar-refractivity contribution is -0.131. The smallest absolute Gasteiger partial charge is 0.236 e. The first kappa shape index (κ1) is 12.4. The van der Waals surface area contributed by atoms with Crippen molar-refractivity contribution in [2.45, 2.75) is 25.3 Å². The van der Waals surface area contributed by atoms with Crippen molar-refractivity contribution in [1.82, 2.24) is 9.80 Å². The fourth-order valence-electron chi connectivity index (χ4n) is 1.39. The van der Waals surface area contributed by atoms with Crippen LogP contribution >= 0.6 is 12.2 Å². The van der Waals surface area contributed by atoms with Gasteiger partial charge in [-0.25, -0.2) is 0 Å². The Morgan fingerprint density at radius 1 is 1.47 bits per heavy atom. The molecule has 0 aromatic carbocycles. The standard InChI is InChI=1S/C10H19N3OS/c1-12(6-5-9(11)15)7-10(14)13(2)8-3-4-8/h8H,3-7H2,1-2H3,(H2,11,15). The normalized spacial score (nSPS) is 15.4. The molecule has 86 valence electrons. The molecule has 5 heteroatoms. The van der Waals surface area contributed by atoms with Gasteiger partial charge in [0.2, 0.25) is 5.91 Å². The summed E-state index contributed by atoms with van der Waals surface area (Å²) in [6.07, 6.45) is 2.98. The molecule has 0 aromatic heterocycles. The molecule has 1 saturated carbocycles. The molecular formula is C10H19N3OS. The van der Waals surface area contributed by atoms with Crippen molar-refractivity contribution < 1.29 is 4.79 Å². The number of nitrogens with two attached hydrogens (primary N) is 1. The molecule has 1 aliphatic carbocycles. The van der Waals surface area contributed by atoms with E-state index in [4.69, 9.17) is 18.0 Å². The number of rotatable bonds is 6. The Balaban J connectivity index is 2.21. The van der Waals surface area contributed by atoms with Gasteiger partial charge in [0.25, 0.3) is 0 Å². The van der Waals surface area contributed by atoms with E-state index >= 15 is 0 Å². The average Bonchev–Trinajstić information content (AvgIpc) is 2.96. The molecule has 0 radical (unpaired) electrons. The van der Waals surface area contributed by atoms with Crippen LogP contribution < -0.4 is 5.73 Å². The second kappa shape index (κ2) is 5.42. The van der Waals surface area contributed by atoms with E-state index in [1.165, 1.54) is 0 Å². The van der Waals surface area contributed by atoms with Gasteiger partial charge in [-0.15, -0.1) is 0 Å². The number of nitrogens with zero attached hydrogens (tertiary/aromatic N) is 2. The summed E-state index contributed by atoms with van der Waals surface area (Å²) >= 11 is 4.79. The fraction of sp³-hybridized carbons (Fsp3) is 0.800. The Morgan fingerprint density at radius 3 is 2.53 bits per heavy atom. The lowest BCUT2D eigenvalue weighted by Gasteiger charge is -2.21. The Morgan fingerprint density at radius 2 is 2.07 bits per heavy atom. The summed E-state index contributed by atoms with van der Waals surface area (Å²) in [6, 6.07) is 0.487. The molecule has 1 fully saturated rings. The van der Waals surface area contributed by atoms with Crippen molar-refractivity contribution in [2.75, 3.05) is 27.2 Å². The van der Waals surface area contributed by atoms with Crippen molar-refractivity contribution in [3.63, 3.8) is 0 Å². The van der Waals surface area contributed by atoms with Gasteiger partial charge in [0.1, 0.15) is 0 Å². The van der Waals surface area contributed by atoms with E-state index in [1.807, 2.05) is 23.9 Å². The van der Waals surface area contributed by atoms with Crippen LogP contribution in [0.2, 0.25) is 0 Å². The Labute approximate surface area is 96.4 Å². The maximum Gasteiger partial charge on any atom is 0.236 e. The minimum atomic E-state index is 0.183. The van der Waals surface area contributed by atoms with Crippen molar-refractivity contribution in [1.29, 1.82) is 0 Å². The summed E-state index contributed by atoms with van der Waals surface area (Å²) in [5.41, 5.74) is 5.40. The van der Waals surface area contributed by atoms with Crippen LogP contribution in [0.25, 0.3) is 0 Å². The molecule has 15 heavy (non-hydrogen) atoms. The third-order valence-electron chi connectivity index (χ3n) is 2.63. The zero-order valence-electron chi connectivity index (χ0n) is 9.40. The number of thiocarbonyl (C=S) groups is 1. The predicted molar refractivity (Wildman–Crippen MR) is 64.7 cm³/mol. The van der Waals surface area contributed by atoms with E-state index in [-0.39, 0.29) is 5.91 Å². The van der Waals surface area contributed by atoms with Gasteiger partial charge in [-0.3, -0.25) is 9.69 Å². The topological polar surface area (TPSA) is 49.6 Å². The highest BCUT2D eigenvalue weighted by molar-refractivity contribution is 7.80. The van der Waals surface area contributed by atoms with Crippen LogP contribution in [0.3, 0.4) is 0 Å². The van der Waals surface area contributed by atoms with E-state index in [9.17, 15) is 4.79 Å². The predicted octanol–water partition coefficient (Wildman–Crippen LogP) is 0.215. The zero-order chi connectivity index (χ0) is 11.4. The van der Waals surface area contributed by atoms with E-state index in [1.54, 1.807) is 0 Å². The lowest BCUT2D eigenvalue weighted by atomic mass is 10.3. The minimum Gasteiger partial charge on any atom is -0.393 e. The van der Waals surface area contributed by atoms with Crippen LogP contribution in [0.5, 0.6) is 0 Å². The molecule has 2 N–H and O–H groups in total. The highest BCUT2D eigenvalue weighted by Crippen LogP contribution is 2.25. The Bertz CT molecular complexity index is 253. The highest BCUT2D eigenvalue weighted by atomic mass is 32.1. The summed E-state index contributed by atoms with van der Waals surface area (Å²) in [6.45, 7) is 1.20. The molecule has 4 nitrogen and oxygen atoms in total. The molecule has 0 atom stereocenters. The van der Waals surface area contributed by atoms with Crippen molar-refractivity contribution in [3.8, 4) is 0 Å². The molecule has 0 spiro atoms. The van der Waals surface area contributed by atoms with Gasteiger partial charge in [-0.05, 0) is 19.9 Å². The van der Waals surface area contributed by atoms with Crippen molar-refractivity contribution in [2.24, 2.45) is 5.73 Å². The number of hydrogen-bond donors (Lipinski definition) is 1. The Hall–Kier alpha value is -0.680. The number of likely N-dealkylation sites (N-methyl/N-ethyl adjacent to an activating group) is 2. The second-order valence-electron chi connectivity index (χ2n) is 4.19. The monoisotopic (exact) mass is 229 g/mol. The van der Waals surface area contributed by atoms with Gasteiger partial charge in [-0.2, -0.15) is 0 Å². The minimum absolute atomic E-state index is 0.183. The SMILES string of the molecule is CN(CCC(N)=S)CC(=O)N(C)C1CC1. The molecule has 1 rings (SSSR count). The second-order valence-corrected chi connectivity index (χ2v) is 4.71. The van der Waals surface area contributed by atoms with Crippen LogP contribution in [0.4, 0.5) is 0 Å². The van der Waals surface area contributed by atoms with Crippen LogP contribution in [0.15, 0.2) is 0 Å². The van der Waals surface area contributed by atoms with Gasteiger partial charge in [0.15, 0.2) is 0 Å². The van der Waals surface area contributed by atoms with E-state index in [2.05, 4.69) is 0 Å². The lowest BCUT2D eigenvalue weighted by Crippen LogP contribution is -2.38. The Kier molecular flexibility index (Phi) is 4.47. The summed E-state index contributed by atoms with van der Waals surface area (Å²) in [4.78, 5) is 16.0.